The minimum absolute atomic E-state index is 0.0932. The van der Waals surface area contributed by atoms with E-state index in [1.54, 1.807) is 0 Å². The van der Waals surface area contributed by atoms with Crippen molar-refractivity contribution in [3.8, 4) is 0 Å². The van der Waals surface area contributed by atoms with Crippen molar-refractivity contribution in [2.45, 2.75) is 42.4 Å². The number of thioether (sulfide) groups is 1. The van der Waals surface area contributed by atoms with Gasteiger partial charge in [-0.25, -0.2) is 0 Å². The molecule has 1 fully saturated rings. The van der Waals surface area contributed by atoms with Crippen molar-refractivity contribution in [3.63, 3.8) is 0 Å². The van der Waals surface area contributed by atoms with Crippen molar-refractivity contribution >= 4 is 23.4 Å². The summed E-state index contributed by atoms with van der Waals surface area (Å²) in [5.74, 6) is 0.108. The van der Waals surface area contributed by atoms with Gasteiger partial charge in [-0.1, -0.05) is 19.3 Å². The van der Waals surface area contributed by atoms with E-state index in [0.717, 1.165) is 19.3 Å². The van der Waals surface area contributed by atoms with Crippen molar-refractivity contribution < 1.29 is 13.2 Å². The van der Waals surface area contributed by atoms with Gasteiger partial charge < -0.3 is 0 Å². The molecule has 0 nitrogen and oxygen atoms in total. The average molecular weight is 233 g/mol. The minimum atomic E-state index is -4.15. The molecule has 0 amide bonds. The molecule has 0 aliphatic heterocycles. The Labute approximate surface area is 85.2 Å². The first kappa shape index (κ1) is 11.5. The zero-order valence-electron chi connectivity index (χ0n) is 7.16. The fraction of sp³-hybridized carbons (Fsp3) is 1.00. The molecule has 0 aromatic rings. The molecule has 78 valence electrons. The Balaban J connectivity index is 2.57. The van der Waals surface area contributed by atoms with E-state index in [9.17, 15) is 13.2 Å². The van der Waals surface area contributed by atoms with Gasteiger partial charge in [0, 0.05) is 10.6 Å². The van der Waals surface area contributed by atoms with Crippen LogP contribution in [0.5, 0.6) is 0 Å². The Bertz CT molecular complexity index is 163. The molecular formula is C8H12ClF3S. The second kappa shape index (κ2) is 4.30. The van der Waals surface area contributed by atoms with E-state index in [2.05, 4.69) is 0 Å². The maximum atomic E-state index is 12.2. The standard InChI is InChI=1S/C8H12ClF3S/c9-6-7(13-8(10,11)12)4-2-1-3-5-7/h1-6H2. The number of rotatable bonds is 2. The van der Waals surface area contributed by atoms with Crippen LogP contribution in [0.1, 0.15) is 32.1 Å². The van der Waals surface area contributed by atoms with Crippen molar-refractivity contribution in [2.75, 3.05) is 5.88 Å². The Hall–Kier alpha value is 0.430. The van der Waals surface area contributed by atoms with E-state index in [-0.39, 0.29) is 17.6 Å². The highest BCUT2D eigenvalue weighted by molar-refractivity contribution is 8.01. The zero-order chi connectivity index (χ0) is 9.95. The highest BCUT2D eigenvalue weighted by atomic mass is 35.5. The topological polar surface area (TPSA) is 0 Å². The fourth-order valence-electron chi connectivity index (χ4n) is 1.70. The third kappa shape index (κ3) is 3.58. The molecule has 0 atom stereocenters. The summed E-state index contributed by atoms with van der Waals surface area (Å²) >= 11 is 5.72. The lowest BCUT2D eigenvalue weighted by molar-refractivity contribution is -0.0345. The molecular weight excluding hydrogens is 221 g/mol. The van der Waals surface area contributed by atoms with Gasteiger partial charge in [-0.3, -0.25) is 0 Å². The van der Waals surface area contributed by atoms with E-state index >= 15 is 0 Å². The molecule has 0 heterocycles. The summed E-state index contributed by atoms with van der Waals surface area (Å²) in [4.78, 5) is 0. The summed E-state index contributed by atoms with van der Waals surface area (Å²) in [5.41, 5.74) is -4.15. The van der Waals surface area contributed by atoms with Gasteiger partial charge in [-0.15, -0.1) is 11.6 Å². The van der Waals surface area contributed by atoms with Gasteiger partial charge in [0.25, 0.3) is 0 Å². The van der Waals surface area contributed by atoms with Gasteiger partial charge >= 0.3 is 5.51 Å². The zero-order valence-corrected chi connectivity index (χ0v) is 8.74. The van der Waals surface area contributed by atoms with Crippen molar-refractivity contribution in [2.24, 2.45) is 0 Å². The van der Waals surface area contributed by atoms with Gasteiger partial charge in [0.2, 0.25) is 0 Å². The highest BCUT2D eigenvalue weighted by Gasteiger charge is 2.43. The summed E-state index contributed by atoms with van der Waals surface area (Å²) < 4.78 is 35.8. The SMILES string of the molecule is FC(F)(F)SC1(CCl)CCCCC1. The Morgan fingerprint density at radius 2 is 1.69 bits per heavy atom. The van der Waals surface area contributed by atoms with Gasteiger partial charge in [0.1, 0.15) is 0 Å². The Kier molecular flexibility index (Phi) is 3.81. The quantitative estimate of drug-likeness (QED) is 0.644. The maximum absolute atomic E-state index is 12.2. The van der Waals surface area contributed by atoms with Crippen LogP contribution in [0, 0.1) is 0 Å². The van der Waals surface area contributed by atoms with E-state index in [1.165, 1.54) is 0 Å². The van der Waals surface area contributed by atoms with Crippen LogP contribution in [0.4, 0.5) is 13.2 Å². The van der Waals surface area contributed by atoms with E-state index in [4.69, 9.17) is 11.6 Å². The predicted octanol–water partition coefficient (Wildman–Crippen LogP) is 4.18. The first-order valence-electron chi connectivity index (χ1n) is 4.30. The number of alkyl halides is 4. The van der Waals surface area contributed by atoms with Crippen LogP contribution >= 0.6 is 23.4 Å². The van der Waals surface area contributed by atoms with E-state index in [0.29, 0.717) is 12.8 Å². The van der Waals surface area contributed by atoms with Gasteiger partial charge in [0.15, 0.2) is 0 Å². The second-order valence-electron chi connectivity index (χ2n) is 3.43. The molecule has 0 saturated heterocycles. The Morgan fingerprint density at radius 1 is 1.15 bits per heavy atom. The molecule has 0 aromatic carbocycles. The summed E-state index contributed by atoms with van der Waals surface area (Å²) in [6.07, 6.45) is 3.98. The molecule has 0 unspecified atom stereocenters. The maximum Gasteiger partial charge on any atom is 0.442 e. The summed E-state index contributed by atoms with van der Waals surface area (Å²) in [6, 6.07) is 0. The monoisotopic (exact) mass is 232 g/mol. The first-order chi connectivity index (χ1) is 5.97. The predicted molar refractivity (Wildman–Crippen MR) is 50.2 cm³/mol. The minimum Gasteiger partial charge on any atom is -0.160 e. The highest BCUT2D eigenvalue weighted by Crippen LogP contribution is 2.48. The number of hydrogen-bond donors (Lipinski definition) is 0. The average Bonchev–Trinajstić information content (AvgIpc) is 2.03. The Morgan fingerprint density at radius 3 is 2.08 bits per heavy atom. The van der Waals surface area contributed by atoms with Crippen LogP contribution in [0.3, 0.4) is 0 Å². The molecule has 1 rings (SSSR count). The van der Waals surface area contributed by atoms with Crippen LogP contribution < -0.4 is 0 Å². The van der Waals surface area contributed by atoms with Crippen LogP contribution in [0.15, 0.2) is 0 Å². The van der Waals surface area contributed by atoms with Crippen molar-refractivity contribution in [3.05, 3.63) is 0 Å². The molecule has 1 aliphatic rings. The fourth-order valence-corrected chi connectivity index (χ4v) is 3.17. The number of halogens is 4. The molecule has 1 saturated carbocycles. The van der Waals surface area contributed by atoms with Gasteiger partial charge in [-0.2, -0.15) is 13.2 Å². The molecule has 13 heavy (non-hydrogen) atoms. The lowest BCUT2D eigenvalue weighted by Gasteiger charge is -2.35. The normalized spacial score (nSPS) is 23.1. The third-order valence-electron chi connectivity index (χ3n) is 2.34. The molecule has 0 spiro atoms. The van der Waals surface area contributed by atoms with Gasteiger partial charge in [0.05, 0.1) is 0 Å². The van der Waals surface area contributed by atoms with Crippen LogP contribution in [0.2, 0.25) is 0 Å². The second-order valence-corrected chi connectivity index (χ2v) is 5.23. The van der Waals surface area contributed by atoms with Gasteiger partial charge in [-0.05, 0) is 24.6 Å². The molecule has 0 bridgehead atoms. The van der Waals surface area contributed by atoms with Crippen LogP contribution in [-0.4, -0.2) is 16.1 Å². The smallest absolute Gasteiger partial charge is 0.160 e. The largest absolute Gasteiger partial charge is 0.442 e. The molecule has 0 N–H and O–H groups in total. The van der Waals surface area contributed by atoms with Crippen LogP contribution in [-0.2, 0) is 0 Å². The van der Waals surface area contributed by atoms with E-state index in [1.807, 2.05) is 0 Å². The van der Waals surface area contributed by atoms with Crippen LogP contribution in [0.25, 0.3) is 0 Å². The molecule has 0 radical (unpaired) electrons. The lowest BCUT2D eigenvalue weighted by atomic mass is 9.90. The summed E-state index contributed by atoms with van der Waals surface area (Å²) in [5, 5.41) is 0. The first-order valence-corrected chi connectivity index (χ1v) is 5.65. The summed E-state index contributed by atoms with van der Waals surface area (Å²) in [7, 11) is 0. The lowest BCUT2D eigenvalue weighted by Crippen LogP contribution is -2.33. The van der Waals surface area contributed by atoms with E-state index < -0.39 is 10.3 Å². The third-order valence-corrected chi connectivity index (χ3v) is 4.23. The molecule has 1 aliphatic carbocycles. The molecule has 5 heteroatoms. The van der Waals surface area contributed by atoms with Crippen molar-refractivity contribution in [1.29, 1.82) is 0 Å². The molecule has 0 aromatic heterocycles. The summed E-state index contributed by atoms with van der Waals surface area (Å²) in [6.45, 7) is 0. The number of hydrogen-bond acceptors (Lipinski definition) is 1. The van der Waals surface area contributed by atoms with Crippen molar-refractivity contribution in [1.82, 2.24) is 0 Å².